The predicted molar refractivity (Wildman–Crippen MR) is 296 cm³/mol. The molecule has 71 heavy (non-hydrogen) atoms. The van der Waals surface area contributed by atoms with E-state index in [4.69, 9.17) is 9.97 Å². The topological polar surface area (TPSA) is 40.6 Å². The summed E-state index contributed by atoms with van der Waals surface area (Å²) in [4.78, 5) is 10.1. The van der Waals surface area contributed by atoms with Gasteiger partial charge in [0.25, 0.3) is 0 Å². The highest BCUT2D eigenvalue weighted by Gasteiger charge is 2.21. The lowest BCUT2D eigenvalue weighted by molar-refractivity contribution is 1.15. The Morgan fingerprint density at radius 2 is 0.620 bits per heavy atom. The van der Waals surface area contributed by atoms with Crippen molar-refractivity contribution in [3.63, 3.8) is 0 Å². The summed E-state index contributed by atoms with van der Waals surface area (Å²) in [7, 11) is 0. The summed E-state index contributed by atoms with van der Waals surface area (Å²) in [6.45, 7) is 4.49. The van der Waals surface area contributed by atoms with Crippen molar-refractivity contribution in [2.24, 2.45) is 0 Å². The van der Waals surface area contributed by atoms with Crippen molar-refractivity contribution < 1.29 is 0 Å². The van der Waals surface area contributed by atoms with Gasteiger partial charge in [0.1, 0.15) is 0 Å². The van der Waals surface area contributed by atoms with E-state index in [0.29, 0.717) is 5.82 Å². The van der Waals surface area contributed by atoms with E-state index >= 15 is 0 Å². The van der Waals surface area contributed by atoms with E-state index in [1.165, 1.54) is 76.6 Å². The van der Waals surface area contributed by atoms with Crippen LogP contribution in [0.4, 0.5) is 0 Å². The quantitative estimate of drug-likeness (QED) is 0.160. The molecule has 4 heterocycles. The van der Waals surface area contributed by atoms with Gasteiger partial charge in [-0.05, 0) is 115 Å². The number of benzene rings is 10. The molecule has 5 nitrogen and oxygen atoms in total. The SMILES string of the molecule is Cc1cc(-n2c3ccc(-n4c5ccccc5c5ccccc54)cc3c3cc(-n4c5ccccc5c5ccccc54)ccc32)cc(C)c1-c1ccc(-c2cc(-c3ccccc3)nc(-c3ccccc3)n2)cc1. The molecule has 0 unspecified atom stereocenters. The smallest absolute Gasteiger partial charge is 0.160 e. The van der Waals surface area contributed by atoms with Gasteiger partial charge in [-0.1, -0.05) is 158 Å². The van der Waals surface area contributed by atoms with E-state index in [-0.39, 0.29) is 0 Å². The Morgan fingerprint density at radius 3 is 1.07 bits per heavy atom. The summed E-state index contributed by atoms with van der Waals surface area (Å²) in [5, 5.41) is 7.42. The van der Waals surface area contributed by atoms with Gasteiger partial charge in [-0.25, -0.2) is 9.97 Å². The molecule has 0 saturated heterocycles. The zero-order valence-corrected chi connectivity index (χ0v) is 39.3. The summed E-state index contributed by atoms with van der Waals surface area (Å²) >= 11 is 0. The van der Waals surface area contributed by atoms with Crippen LogP contribution in [0.5, 0.6) is 0 Å². The summed E-state index contributed by atoms with van der Waals surface area (Å²) in [5.41, 5.74) is 20.2. The largest absolute Gasteiger partial charge is 0.309 e. The van der Waals surface area contributed by atoms with Gasteiger partial charge < -0.3 is 13.7 Å². The van der Waals surface area contributed by atoms with Crippen LogP contribution in [0.25, 0.3) is 128 Å². The Labute approximate surface area is 410 Å². The summed E-state index contributed by atoms with van der Waals surface area (Å²) < 4.78 is 7.31. The number of aromatic nitrogens is 5. The Hall–Kier alpha value is -9.32. The highest BCUT2D eigenvalue weighted by atomic mass is 15.0. The van der Waals surface area contributed by atoms with Crippen LogP contribution in [0.3, 0.4) is 0 Å². The van der Waals surface area contributed by atoms with Gasteiger partial charge in [-0.2, -0.15) is 0 Å². The molecule has 14 rings (SSSR count). The first-order chi connectivity index (χ1) is 35.0. The van der Waals surface area contributed by atoms with E-state index in [0.717, 1.165) is 56.2 Å². The third-order valence-electron chi connectivity index (χ3n) is 14.5. The molecule has 0 amide bonds. The molecule has 0 radical (unpaired) electrons. The third kappa shape index (κ3) is 6.54. The molecule has 5 heteroatoms. The standard InChI is InChI=1S/C66H45N5/c1-42-37-50(38-43(2)65(42)46-31-29-45(30-32-46)58-41-57(44-17-5-3-6-18-44)67-66(68-58)47-19-7-4-8-20-47)71-63-35-33-48(69-59-25-13-9-21-51(59)52-22-10-14-26-60(52)69)39-55(63)56-40-49(34-36-64(56)71)70-61-27-15-11-23-53(61)54-24-12-16-28-62(54)70/h3-41H,1-2H3. The van der Waals surface area contributed by atoms with Gasteiger partial charge >= 0.3 is 0 Å². The molecule has 4 aromatic heterocycles. The van der Waals surface area contributed by atoms with Gasteiger partial charge in [-0.15, -0.1) is 0 Å². The van der Waals surface area contributed by atoms with Crippen molar-refractivity contribution >= 4 is 65.4 Å². The van der Waals surface area contributed by atoms with Crippen LogP contribution in [-0.2, 0) is 0 Å². The minimum atomic E-state index is 0.712. The molecule has 0 atom stereocenters. The van der Waals surface area contributed by atoms with Crippen LogP contribution in [0.2, 0.25) is 0 Å². The van der Waals surface area contributed by atoms with Gasteiger partial charge in [0, 0.05) is 66.1 Å². The zero-order valence-electron chi connectivity index (χ0n) is 39.3. The maximum atomic E-state index is 5.10. The number of hydrogen-bond acceptors (Lipinski definition) is 2. The number of para-hydroxylation sites is 4. The zero-order chi connectivity index (χ0) is 47.2. The van der Waals surface area contributed by atoms with Gasteiger partial charge in [0.2, 0.25) is 0 Å². The Bertz CT molecular complexity index is 4040. The van der Waals surface area contributed by atoms with Crippen LogP contribution < -0.4 is 0 Å². The van der Waals surface area contributed by atoms with Gasteiger partial charge in [-0.3, -0.25) is 0 Å². The van der Waals surface area contributed by atoms with Crippen molar-refractivity contribution in [2.45, 2.75) is 13.8 Å². The molecule has 334 valence electrons. The minimum Gasteiger partial charge on any atom is -0.309 e. The lowest BCUT2D eigenvalue weighted by Crippen LogP contribution is -1.99. The van der Waals surface area contributed by atoms with Crippen molar-refractivity contribution in [2.75, 3.05) is 0 Å². The van der Waals surface area contributed by atoms with Crippen molar-refractivity contribution in [1.82, 2.24) is 23.7 Å². The number of hydrogen-bond donors (Lipinski definition) is 0. The van der Waals surface area contributed by atoms with Crippen LogP contribution in [-0.4, -0.2) is 23.7 Å². The third-order valence-corrected chi connectivity index (χ3v) is 14.5. The van der Waals surface area contributed by atoms with Crippen LogP contribution in [0, 0.1) is 13.8 Å². The number of nitrogens with zero attached hydrogens (tertiary/aromatic N) is 5. The first-order valence-electron chi connectivity index (χ1n) is 24.3. The molecular weight excluding hydrogens is 863 g/mol. The minimum absolute atomic E-state index is 0.712. The Kier molecular flexibility index (Phi) is 9.26. The van der Waals surface area contributed by atoms with Crippen molar-refractivity contribution in [3.8, 4) is 62.1 Å². The van der Waals surface area contributed by atoms with Gasteiger partial charge in [0.15, 0.2) is 5.82 Å². The van der Waals surface area contributed by atoms with Crippen LogP contribution in [0.15, 0.2) is 237 Å². The maximum Gasteiger partial charge on any atom is 0.160 e. The molecule has 0 aliphatic carbocycles. The fourth-order valence-corrected chi connectivity index (χ4v) is 11.4. The van der Waals surface area contributed by atoms with Crippen LogP contribution >= 0.6 is 0 Å². The van der Waals surface area contributed by atoms with E-state index in [2.05, 4.69) is 240 Å². The van der Waals surface area contributed by atoms with E-state index in [1.54, 1.807) is 0 Å². The molecule has 14 aromatic rings. The molecule has 0 bridgehead atoms. The Morgan fingerprint density at radius 1 is 0.268 bits per heavy atom. The first-order valence-corrected chi connectivity index (χ1v) is 24.3. The second-order valence-electron chi connectivity index (χ2n) is 18.7. The maximum absolute atomic E-state index is 5.10. The van der Waals surface area contributed by atoms with Gasteiger partial charge in [0.05, 0.1) is 44.5 Å². The lowest BCUT2D eigenvalue weighted by atomic mass is 9.94. The molecule has 0 fully saturated rings. The molecule has 0 N–H and O–H groups in total. The highest BCUT2D eigenvalue weighted by Crippen LogP contribution is 2.41. The fraction of sp³-hybridized carbons (Fsp3) is 0.0303. The average molecular weight is 908 g/mol. The number of rotatable bonds is 7. The normalized spacial score (nSPS) is 11.8. The highest BCUT2D eigenvalue weighted by molar-refractivity contribution is 6.14. The second-order valence-corrected chi connectivity index (χ2v) is 18.7. The fourth-order valence-electron chi connectivity index (χ4n) is 11.4. The average Bonchev–Trinajstić information content (AvgIpc) is 4.06. The second kappa shape index (κ2) is 16.2. The predicted octanol–water partition coefficient (Wildman–Crippen LogP) is 17.1. The number of aryl methyl sites for hydroxylation is 2. The van der Waals surface area contributed by atoms with Crippen molar-refractivity contribution in [3.05, 3.63) is 248 Å². The molecule has 0 spiro atoms. The molecule has 0 saturated carbocycles. The summed E-state index contributed by atoms with van der Waals surface area (Å²) in [6, 6.07) is 85.4. The lowest BCUT2D eigenvalue weighted by Gasteiger charge is -2.16. The molecular formula is C66H45N5. The first kappa shape index (κ1) is 40.7. The van der Waals surface area contributed by atoms with E-state index in [9.17, 15) is 0 Å². The van der Waals surface area contributed by atoms with Crippen molar-refractivity contribution in [1.29, 1.82) is 0 Å². The number of fused-ring (bicyclic) bond motifs is 9. The molecule has 0 aliphatic rings. The Balaban J connectivity index is 0.917. The summed E-state index contributed by atoms with van der Waals surface area (Å²) in [5.74, 6) is 0.712. The summed E-state index contributed by atoms with van der Waals surface area (Å²) in [6.07, 6.45) is 0. The van der Waals surface area contributed by atoms with E-state index < -0.39 is 0 Å². The van der Waals surface area contributed by atoms with E-state index in [1.807, 2.05) is 24.3 Å². The molecule has 0 aliphatic heterocycles. The molecule has 10 aromatic carbocycles. The monoisotopic (exact) mass is 907 g/mol. The van der Waals surface area contributed by atoms with Crippen LogP contribution in [0.1, 0.15) is 11.1 Å².